The highest BCUT2D eigenvalue weighted by atomic mass is 16.6. The van der Waals surface area contributed by atoms with Crippen LogP contribution in [0, 0.1) is 17.0 Å². The van der Waals surface area contributed by atoms with Crippen LogP contribution in [0.4, 0.5) is 16.2 Å². The van der Waals surface area contributed by atoms with Crippen LogP contribution in [0.3, 0.4) is 0 Å². The maximum Gasteiger partial charge on any atom is 0.319 e. The summed E-state index contributed by atoms with van der Waals surface area (Å²) in [6.07, 6.45) is 0.956. The number of hydrogen-bond acceptors (Lipinski definition) is 5. The summed E-state index contributed by atoms with van der Waals surface area (Å²) >= 11 is 0. The number of aliphatic hydroxyl groups is 1. The molecule has 24 heavy (non-hydrogen) atoms. The maximum absolute atomic E-state index is 12.0. The number of nitrogens with zero attached hydrogens (tertiary/aromatic N) is 1. The summed E-state index contributed by atoms with van der Waals surface area (Å²) in [5, 5.41) is 26.1. The lowest BCUT2D eigenvalue weighted by Crippen LogP contribution is -2.37. The summed E-state index contributed by atoms with van der Waals surface area (Å²) in [6.45, 7) is 3.36. The molecule has 0 saturated carbocycles. The van der Waals surface area contributed by atoms with Crippen molar-refractivity contribution in [2.24, 2.45) is 0 Å². The van der Waals surface area contributed by atoms with Gasteiger partial charge in [0, 0.05) is 29.8 Å². The average Bonchev–Trinajstić information content (AvgIpc) is 3.00. The Balaban J connectivity index is 1.88. The number of aliphatic hydroxyl groups excluding tert-OH is 1. The molecule has 2 rings (SSSR count). The van der Waals surface area contributed by atoms with E-state index < -0.39 is 17.1 Å². The molecule has 8 nitrogen and oxygen atoms in total. The number of anilines is 1. The second-order valence-corrected chi connectivity index (χ2v) is 5.52. The average molecular weight is 333 g/mol. The zero-order chi connectivity index (χ0) is 17.7. The molecule has 1 heterocycles. The molecule has 2 atom stereocenters. The Kier molecular flexibility index (Phi) is 5.54. The van der Waals surface area contributed by atoms with Gasteiger partial charge in [-0.05, 0) is 38.1 Å². The van der Waals surface area contributed by atoms with Crippen LogP contribution in [-0.2, 0) is 0 Å². The highest BCUT2D eigenvalue weighted by Crippen LogP contribution is 2.22. The fourth-order valence-electron chi connectivity index (χ4n) is 2.32. The first-order chi connectivity index (χ1) is 11.4. The van der Waals surface area contributed by atoms with Crippen molar-refractivity contribution in [3.05, 3.63) is 58.0 Å². The van der Waals surface area contributed by atoms with E-state index in [1.807, 2.05) is 0 Å². The van der Waals surface area contributed by atoms with Crippen molar-refractivity contribution < 1.29 is 19.2 Å². The molecule has 2 amide bonds. The van der Waals surface area contributed by atoms with Crippen LogP contribution in [-0.4, -0.2) is 22.1 Å². The number of nitro groups is 1. The third-order valence-corrected chi connectivity index (χ3v) is 3.48. The summed E-state index contributed by atoms with van der Waals surface area (Å²) in [7, 11) is 0. The molecular formula is C16H19N3O5. The van der Waals surface area contributed by atoms with Gasteiger partial charge in [-0.25, -0.2) is 4.79 Å². The van der Waals surface area contributed by atoms with Gasteiger partial charge in [0.25, 0.3) is 5.69 Å². The monoisotopic (exact) mass is 333 g/mol. The minimum Gasteiger partial charge on any atom is -0.467 e. The third-order valence-electron chi connectivity index (χ3n) is 3.48. The lowest BCUT2D eigenvalue weighted by molar-refractivity contribution is -0.385. The molecule has 8 heteroatoms. The highest BCUT2D eigenvalue weighted by molar-refractivity contribution is 5.89. The largest absolute Gasteiger partial charge is 0.467 e. The van der Waals surface area contributed by atoms with E-state index in [0.717, 1.165) is 0 Å². The van der Waals surface area contributed by atoms with Crippen LogP contribution in [0.15, 0.2) is 41.0 Å². The predicted molar refractivity (Wildman–Crippen MR) is 87.7 cm³/mol. The number of aryl methyl sites for hydroxylation is 1. The molecule has 128 valence electrons. The molecule has 0 fully saturated rings. The minimum atomic E-state index is -0.808. The quantitative estimate of drug-likeness (QED) is 0.554. The molecule has 1 aromatic heterocycles. The van der Waals surface area contributed by atoms with Gasteiger partial charge in [-0.3, -0.25) is 10.1 Å². The molecule has 0 aliphatic rings. The Morgan fingerprint density at radius 1 is 1.42 bits per heavy atom. The fourth-order valence-corrected chi connectivity index (χ4v) is 2.32. The molecule has 3 N–H and O–H groups in total. The van der Waals surface area contributed by atoms with Gasteiger partial charge in [0.1, 0.15) is 11.9 Å². The minimum absolute atomic E-state index is 0.00380. The highest BCUT2D eigenvalue weighted by Gasteiger charge is 2.17. The fraction of sp³-hybridized carbons (Fsp3) is 0.312. The number of urea groups is 1. The smallest absolute Gasteiger partial charge is 0.319 e. The van der Waals surface area contributed by atoms with Gasteiger partial charge >= 0.3 is 6.03 Å². The molecule has 0 bridgehead atoms. The topological polar surface area (TPSA) is 118 Å². The molecule has 0 radical (unpaired) electrons. The number of furan rings is 1. The number of rotatable bonds is 6. The molecular weight excluding hydrogens is 314 g/mol. The van der Waals surface area contributed by atoms with Gasteiger partial charge < -0.3 is 20.2 Å². The zero-order valence-electron chi connectivity index (χ0n) is 13.4. The Bertz CT molecular complexity index is 715. The number of benzene rings is 1. The van der Waals surface area contributed by atoms with E-state index in [0.29, 0.717) is 23.4 Å². The maximum atomic E-state index is 12.0. The van der Waals surface area contributed by atoms with Gasteiger partial charge in [0.05, 0.1) is 11.2 Å². The molecule has 0 unspecified atom stereocenters. The van der Waals surface area contributed by atoms with Gasteiger partial charge in [0.2, 0.25) is 0 Å². The van der Waals surface area contributed by atoms with Crippen LogP contribution < -0.4 is 10.6 Å². The number of carbonyl (C=O) groups is 1. The standard InChI is InChI=1S/C16H19N3O5/c1-10-8-12(5-6-13(10)19(22)23)18-16(21)17-11(2)9-14(20)15-4-3-7-24-15/h3-8,11,14,20H,9H2,1-2H3,(H2,17,18,21)/t11-,14+/m1/s1. The number of nitro benzene ring substituents is 1. The van der Waals surface area contributed by atoms with Gasteiger partial charge in [-0.2, -0.15) is 0 Å². The second-order valence-electron chi connectivity index (χ2n) is 5.52. The number of hydrogen-bond donors (Lipinski definition) is 3. The van der Waals surface area contributed by atoms with Crippen molar-refractivity contribution in [1.29, 1.82) is 0 Å². The summed E-state index contributed by atoms with van der Waals surface area (Å²) in [4.78, 5) is 22.3. The van der Waals surface area contributed by atoms with Crippen LogP contribution in [0.25, 0.3) is 0 Å². The summed E-state index contributed by atoms with van der Waals surface area (Å²) in [5.41, 5.74) is 0.907. The number of carbonyl (C=O) groups excluding carboxylic acids is 1. The first-order valence-corrected chi connectivity index (χ1v) is 7.41. The van der Waals surface area contributed by atoms with Crippen LogP contribution >= 0.6 is 0 Å². The van der Waals surface area contributed by atoms with E-state index in [4.69, 9.17) is 4.42 Å². The van der Waals surface area contributed by atoms with Crippen molar-refractivity contribution in [3.63, 3.8) is 0 Å². The SMILES string of the molecule is Cc1cc(NC(=O)N[C@H](C)C[C@H](O)c2ccco2)ccc1[N+](=O)[O-]. The van der Waals surface area contributed by atoms with Crippen LogP contribution in [0.1, 0.15) is 30.8 Å². The van der Waals surface area contributed by atoms with E-state index in [9.17, 15) is 20.0 Å². The third kappa shape index (κ3) is 4.56. The lowest BCUT2D eigenvalue weighted by Gasteiger charge is -2.17. The van der Waals surface area contributed by atoms with Gasteiger partial charge in [-0.1, -0.05) is 0 Å². The van der Waals surface area contributed by atoms with Crippen molar-refractivity contribution in [3.8, 4) is 0 Å². The Morgan fingerprint density at radius 2 is 2.17 bits per heavy atom. The molecule has 0 aliphatic carbocycles. The Labute approximate surface area is 138 Å². The molecule has 1 aromatic carbocycles. The van der Waals surface area contributed by atoms with E-state index in [-0.39, 0.29) is 11.7 Å². The summed E-state index contributed by atoms with van der Waals surface area (Å²) < 4.78 is 5.11. The predicted octanol–water partition coefficient (Wildman–Crippen LogP) is 3.13. The first kappa shape index (κ1) is 17.5. The van der Waals surface area contributed by atoms with E-state index in [2.05, 4.69) is 10.6 Å². The van der Waals surface area contributed by atoms with Crippen molar-refractivity contribution in [2.75, 3.05) is 5.32 Å². The van der Waals surface area contributed by atoms with Gasteiger partial charge in [0.15, 0.2) is 0 Å². The molecule has 2 aromatic rings. The first-order valence-electron chi connectivity index (χ1n) is 7.41. The normalized spacial score (nSPS) is 13.1. The molecule has 0 saturated heterocycles. The zero-order valence-corrected chi connectivity index (χ0v) is 13.4. The van der Waals surface area contributed by atoms with Crippen LogP contribution in [0.5, 0.6) is 0 Å². The van der Waals surface area contributed by atoms with Crippen molar-refractivity contribution in [1.82, 2.24) is 5.32 Å². The van der Waals surface area contributed by atoms with Crippen molar-refractivity contribution in [2.45, 2.75) is 32.4 Å². The Morgan fingerprint density at radius 3 is 2.75 bits per heavy atom. The second kappa shape index (κ2) is 7.60. The van der Waals surface area contributed by atoms with Gasteiger partial charge in [-0.15, -0.1) is 0 Å². The molecule has 0 aliphatic heterocycles. The van der Waals surface area contributed by atoms with E-state index in [1.165, 1.54) is 24.5 Å². The van der Waals surface area contributed by atoms with Crippen molar-refractivity contribution >= 4 is 17.4 Å². The van der Waals surface area contributed by atoms with E-state index >= 15 is 0 Å². The number of amides is 2. The summed E-state index contributed by atoms with van der Waals surface area (Å²) in [6, 6.07) is 6.92. The molecule has 0 spiro atoms. The number of nitrogens with one attached hydrogen (secondary N) is 2. The van der Waals surface area contributed by atoms with Crippen LogP contribution in [0.2, 0.25) is 0 Å². The van der Waals surface area contributed by atoms with E-state index in [1.54, 1.807) is 26.0 Å². The summed E-state index contributed by atoms with van der Waals surface area (Å²) in [5.74, 6) is 0.440. The lowest BCUT2D eigenvalue weighted by atomic mass is 10.1. The Hall–Kier alpha value is -2.87.